The molecule has 0 bridgehead atoms. The van der Waals surface area contributed by atoms with E-state index in [2.05, 4.69) is 31.9 Å². The fourth-order valence-corrected chi connectivity index (χ4v) is 8.10. The van der Waals surface area contributed by atoms with Crippen molar-refractivity contribution in [3.8, 4) is 5.75 Å². The van der Waals surface area contributed by atoms with E-state index in [-0.39, 0.29) is 67.6 Å². The number of carbonyl (C=O) groups is 6. The number of para-hydroxylation sites is 2. The Bertz CT molecular complexity index is 2370. The van der Waals surface area contributed by atoms with E-state index in [1.165, 1.54) is 9.80 Å². The molecule has 15 nitrogen and oxygen atoms in total. The molecule has 0 fully saturated rings. The van der Waals surface area contributed by atoms with Crippen LogP contribution in [0.15, 0.2) is 97.1 Å². The molecular weight excluding hydrogens is 825 g/mol. The first kappa shape index (κ1) is 47.9. The van der Waals surface area contributed by atoms with Crippen molar-refractivity contribution in [2.24, 2.45) is 11.8 Å². The first-order valence-electron chi connectivity index (χ1n) is 22.2. The molecule has 0 saturated carbocycles. The maximum absolute atomic E-state index is 14.4. The number of fused-ring (bicyclic) bond motifs is 2. The van der Waals surface area contributed by atoms with E-state index in [4.69, 9.17) is 4.74 Å². The molecule has 6 amide bonds. The number of hydrogen-bond donors (Lipinski definition) is 6. The van der Waals surface area contributed by atoms with Gasteiger partial charge in [-0.1, -0.05) is 113 Å². The van der Waals surface area contributed by atoms with Gasteiger partial charge < -0.3 is 46.4 Å². The Kier molecular flexibility index (Phi) is 15.8. The highest BCUT2D eigenvalue weighted by Crippen LogP contribution is 2.38. The lowest BCUT2D eigenvalue weighted by atomic mass is 10.00. The van der Waals surface area contributed by atoms with Crippen LogP contribution in [-0.4, -0.2) is 83.5 Å². The van der Waals surface area contributed by atoms with E-state index in [0.717, 1.165) is 22.3 Å². The zero-order valence-electron chi connectivity index (χ0n) is 38.4. The third-order valence-corrected chi connectivity index (χ3v) is 12.2. The highest BCUT2D eigenvalue weighted by atomic mass is 16.5. The summed E-state index contributed by atoms with van der Waals surface area (Å²) < 4.78 is 6.36. The van der Waals surface area contributed by atoms with Crippen LogP contribution in [0, 0.1) is 11.8 Å². The van der Waals surface area contributed by atoms with Crippen molar-refractivity contribution < 1.29 is 33.5 Å². The Morgan fingerprint density at radius 1 is 0.600 bits per heavy atom. The van der Waals surface area contributed by atoms with E-state index in [9.17, 15) is 28.8 Å². The van der Waals surface area contributed by atoms with Gasteiger partial charge >= 0.3 is 0 Å². The second kappa shape index (κ2) is 21.4. The Morgan fingerprint density at radius 3 is 1.72 bits per heavy atom. The predicted molar refractivity (Wildman–Crippen MR) is 248 cm³/mol. The summed E-state index contributed by atoms with van der Waals surface area (Å²) >= 11 is 0. The highest BCUT2D eigenvalue weighted by molar-refractivity contribution is 6.01. The Hall–Kier alpha value is -6.58. The summed E-state index contributed by atoms with van der Waals surface area (Å²) in [5.74, 6) is -2.28. The largest absolute Gasteiger partial charge is 0.487 e. The number of carbonyl (C=O) groups excluding carboxylic acids is 6. The van der Waals surface area contributed by atoms with Crippen LogP contribution < -0.4 is 36.6 Å². The maximum atomic E-state index is 14.4. The molecule has 0 saturated heterocycles. The minimum Gasteiger partial charge on any atom is -0.487 e. The Balaban J connectivity index is 1.21. The standard InChI is InChI=1S/C50H62N8O7/c1-29(2)41(55-45(59)31(5)51-7)49(63)57-26-35-18-12-13-19-37(35)44(57)48(62)54-39-20-14-15-21-40(39)65-28-34-22-23-38-36(24-34)27-58(43(38)47(61)53-25-33-16-10-9-11-17-33)50(64)42(30(3)4)56-46(60)32(6)52-8/h9-24,29-32,41-44,51-52H,25-28H2,1-8H3,(H,53,61)(H,54,62)(H,55,59)(H,56,60)/t31-,32-,41-,42-,43?,44?/m0/s1. The van der Waals surface area contributed by atoms with Gasteiger partial charge in [-0.25, -0.2) is 0 Å². The van der Waals surface area contributed by atoms with Gasteiger partial charge in [0.05, 0.1) is 17.8 Å². The van der Waals surface area contributed by atoms with Gasteiger partial charge in [0.25, 0.3) is 5.91 Å². The smallest absolute Gasteiger partial charge is 0.251 e. The minimum absolute atomic E-state index is 0.0865. The predicted octanol–water partition coefficient (Wildman–Crippen LogP) is 4.48. The lowest BCUT2D eigenvalue weighted by molar-refractivity contribution is -0.144. The van der Waals surface area contributed by atoms with E-state index < -0.39 is 42.2 Å². The summed E-state index contributed by atoms with van der Waals surface area (Å²) in [6.45, 7) is 11.5. The number of amides is 6. The van der Waals surface area contributed by atoms with Gasteiger partial charge in [0, 0.05) is 19.6 Å². The molecule has 0 radical (unpaired) electrons. The molecular formula is C50H62N8O7. The Labute approximate surface area is 381 Å². The normalized spacial score (nSPS) is 17.1. The maximum Gasteiger partial charge on any atom is 0.251 e. The minimum atomic E-state index is -0.970. The number of nitrogens with zero attached hydrogens (tertiary/aromatic N) is 2. The van der Waals surface area contributed by atoms with Crippen molar-refractivity contribution in [3.05, 3.63) is 130 Å². The van der Waals surface area contributed by atoms with Gasteiger partial charge in [-0.2, -0.15) is 0 Å². The first-order valence-corrected chi connectivity index (χ1v) is 22.2. The average molecular weight is 887 g/mol. The van der Waals surface area contributed by atoms with Crippen molar-refractivity contribution in [3.63, 3.8) is 0 Å². The number of benzene rings is 4. The van der Waals surface area contributed by atoms with Gasteiger partial charge in [-0.15, -0.1) is 0 Å². The van der Waals surface area contributed by atoms with Crippen LogP contribution in [0.25, 0.3) is 0 Å². The lowest BCUT2D eigenvalue weighted by Gasteiger charge is -2.31. The summed E-state index contributed by atoms with van der Waals surface area (Å²) in [7, 11) is 3.34. The molecule has 65 heavy (non-hydrogen) atoms. The number of nitrogens with one attached hydrogen (secondary N) is 6. The molecule has 2 aliphatic heterocycles. The second-order valence-electron chi connectivity index (χ2n) is 17.4. The zero-order valence-corrected chi connectivity index (χ0v) is 38.4. The molecule has 6 N–H and O–H groups in total. The van der Waals surface area contributed by atoms with Crippen molar-refractivity contribution in [1.29, 1.82) is 0 Å². The van der Waals surface area contributed by atoms with Crippen LogP contribution in [0.3, 0.4) is 0 Å². The third kappa shape index (κ3) is 11.0. The average Bonchev–Trinajstić information content (AvgIpc) is 3.89. The van der Waals surface area contributed by atoms with Gasteiger partial charge in [0.1, 0.15) is 36.5 Å². The summed E-state index contributed by atoms with van der Waals surface area (Å²) in [4.78, 5) is 86.0. The SMILES string of the molecule is CN[C@@H](C)C(=O)N[C@H](C(=O)N1Cc2cc(COc3ccccc3NC(=O)C3c4ccccc4CN3C(=O)[C@@H](NC(=O)[C@H](C)NC)C(C)C)ccc2C1C(=O)NCc1ccccc1)C(C)C. The van der Waals surface area contributed by atoms with Crippen molar-refractivity contribution in [2.75, 3.05) is 19.4 Å². The summed E-state index contributed by atoms with van der Waals surface area (Å²) in [6.07, 6.45) is 0. The molecule has 2 aliphatic rings. The van der Waals surface area contributed by atoms with Crippen molar-refractivity contribution in [1.82, 2.24) is 36.4 Å². The molecule has 6 rings (SSSR count). The summed E-state index contributed by atoms with van der Waals surface area (Å²) in [6, 6.07) is 24.9. The number of anilines is 1. The third-order valence-electron chi connectivity index (χ3n) is 12.2. The fraction of sp³-hybridized carbons (Fsp3) is 0.400. The highest BCUT2D eigenvalue weighted by Gasteiger charge is 2.44. The summed E-state index contributed by atoms with van der Waals surface area (Å²) in [5, 5.41) is 17.6. The number of hydrogen-bond acceptors (Lipinski definition) is 9. The quantitative estimate of drug-likeness (QED) is 0.0837. The lowest BCUT2D eigenvalue weighted by Crippen LogP contribution is -2.55. The van der Waals surface area contributed by atoms with Crippen LogP contribution >= 0.6 is 0 Å². The van der Waals surface area contributed by atoms with Gasteiger partial charge in [0.15, 0.2) is 0 Å². The van der Waals surface area contributed by atoms with Gasteiger partial charge in [0.2, 0.25) is 29.5 Å². The molecule has 4 aromatic carbocycles. The van der Waals surface area contributed by atoms with E-state index in [1.807, 2.05) is 100 Å². The van der Waals surface area contributed by atoms with Crippen LogP contribution in [0.5, 0.6) is 5.75 Å². The van der Waals surface area contributed by atoms with Crippen LogP contribution in [0.4, 0.5) is 5.69 Å². The van der Waals surface area contributed by atoms with Crippen LogP contribution in [0.1, 0.15) is 87.0 Å². The molecule has 0 aliphatic carbocycles. The topological polar surface area (TPSA) is 190 Å². The molecule has 15 heteroatoms. The van der Waals surface area contributed by atoms with Gasteiger partial charge in [-0.05, 0) is 85.3 Å². The molecule has 2 heterocycles. The van der Waals surface area contributed by atoms with E-state index in [0.29, 0.717) is 22.6 Å². The number of likely N-dealkylation sites (N-methyl/N-ethyl adjacent to an activating group) is 2. The van der Waals surface area contributed by atoms with Crippen molar-refractivity contribution in [2.45, 2.75) is 104 Å². The van der Waals surface area contributed by atoms with Crippen LogP contribution in [0.2, 0.25) is 0 Å². The van der Waals surface area contributed by atoms with Gasteiger partial charge in [-0.3, -0.25) is 28.8 Å². The van der Waals surface area contributed by atoms with Crippen LogP contribution in [-0.2, 0) is 55.0 Å². The monoisotopic (exact) mass is 886 g/mol. The second-order valence-corrected chi connectivity index (χ2v) is 17.4. The number of rotatable bonds is 18. The fourth-order valence-electron chi connectivity index (χ4n) is 8.10. The Morgan fingerprint density at radius 2 is 1.12 bits per heavy atom. The summed E-state index contributed by atoms with van der Waals surface area (Å²) in [5.41, 5.74) is 5.03. The molecule has 0 spiro atoms. The molecule has 344 valence electrons. The van der Waals surface area contributed by atoms with E-state index >= 15 is 0 Å². The number of ether oxygens (including phenoxy) is 1. The van der Waals surface area contributed by atoms with E-state index in [1.54, 1.807) is 52.2 Å². The molecule has 0 aromatic heterocycles. The van der Waals surface area contributed by atoms with Crippen molar-refractivity contribution >= 4 is 41.1 Å². The first-order chi connectivity index (χ1) is 31.1. The molecule has 4 aromatic rings. The molecule has 2 unspecified atom stereocenters. The molecule has 6 atom stereocenters. The zero-order chi connectivity index (χ0) is 46.9.